The van der Waals surface area contributed by atoms with Crippen LogP contribution in [0.4, 0.5) is 4.39 Å². The number of methoxy groups -OCH3 is 1. The Morgan fingerprint density at radius 2 is 1.64 bits per heavy atom. The number of ether oxygens (including phenoxy) is 1. The summed E-state index contributed by atoms with van der Waals surface area (Å²) in [6, 6.07) is 0. The van der Waals surface area contributed by atoms with Gasteiger partial charge in [-0.2, -0.15) is 0 Å². The number of hydrogen-bond acceptors (Lipinski definition) is 1. The molecule has 0 N–H and O–H groups in total. The summed E-state index contributed by atoms with van der Waals surface area (Å²) in [6.07, 6.45) is 0.536. The molecule has 0 saturated heterocycles. The van der Waals surface area contributed by atoms with E-state index < -0.39 is 5.67 Å². The highest BCUT2D eigenvalue weighted by Crippen LogP contribution is 2.29. The fourth-order valence-electron chi connectivity index (χ4n) is 1.46. The lowest BCUT2D eigenvalue weighted by atomic mass is 9.84. The second kappa shape index (κ2) is 3.53. The van der Waals surface area contributed by atoms with E-state index in [0.29, 0.717) is 6.42 Å². The Labute approximate surface area is 68.9 Å². The summed E-state index contributed by atoms with van der Waals surface area (Å²) in [5, 5.41) is 0. The highest BCUT2D eigenvalue weighted by Gasteiger charge is 2.29. The van der Waals surface area contributed by atoms with Gasteiger partial charge >= 0.3 is 0 Å². The Morgan fingerprint density at radius 1 is 1.18 bits per heavy atom. The van der Waals surface area contributed by atoms with Gasteiger partial charge in [0.2, 0.25) is 0 Å². The molecule has 0 aromatic heterocycles. The van der Waals surface area contributed by atoms with Crippen LogP contribution < -0.4 is 0 Å². The Balaban J connectivity index is 3.91. The molecule has 0 radical (unpaired) electrons. The molecule has 0 amide bonds. The molecule has 0 bridgehead atoms. The monoisotopic (exact) mass is 162 g/mol. The van der Waals surface area contributed by atoms with Crippen LogP contribution in [-0.2, 0) is 4.74 Å². The standard InChI is InChI=1S/C9H19FO/c1-8(2,3)6-9(4,10)7-11-5/h6-7H2,1-5H3/t9-/m0/s1. The third-order valence-electron chi connectivity index (χ3n) is 1.34. The molecular weight excluding hydrogens is 143 g/mol. The lowest BCUT2D eigenvalue weighted by Gasteiger charge is -2.28. The first kappa shape index (κ1) is 10.9. The zero-order chi connectivity index (χ0) is 9.12. The Morgan fingerprint density at radius 3 is 1.91 bits per heavy atom. The van der Waals surface area contributed by atoms with Crippen molar-refractivity contribution in [2.24, 2.45) is 5.41 Å². The molecule has 1 atom stereocenters. The SMILES string of the molecule is COC[C@@](C)(F)CC(C)(C)C. The fraction of sp³-hybridized carbons (Fsp3) is 1.00. The predicted molar refractivity (Wildman–Crippen MR) is 45.5 cm³/mol. The van der Waals surface area contributed by atoms with E-state index in [4.69, 9.17) is 4.74 Å². The van der Waals surface area contributed by atoms with Crippen LogP contribution in [0.5, 0.6) is 0 Å². The molecule has 1 nitrogen and oxygen atoms in total. The quantitative estimate of drug-likeness (QED) is 0.620. The van der Waals surface area contributed by atoms with Crippen molar-refractivity contribution >= 4 is 0 Å². The Kier molecular flexibility index (Phi) is 3.49. The first-order valence-electron chi connectivity index (χ1n) is 3.95. The average molecular weight is 162 g/mol. The van der Waals surface area contributed by atoms with Crippen molar-refractivity contribution in [3.8, 4) is 0 Å². The van der Waals surface area contributed by atoms with Gasteiger partial charge in [-0.05, 0) is 18.8 Å². The van der Waals surface area contributed by atoms with Gasteiger partial charge in [0, 0.05) is 7.11 Å². The topological polar surface area (TPSA) is 9.23 Å². The van der Waals surface area contributed by atoms with E-state index in [0.717, 1.165) is 0 Å². The Hall–Kier alpha value is -0.110. The van der Waals surface area contributed by atoms with E-state index in [2.05, 4.69) is 0 Å². The lowest BCUT2D eigenvalue weighted by molar-refractivity contribution is 0.0247. The molecule has 0 fully saturated rings. The minimum absolute atomic E-state index is 0.0298. The maximum atomic E-state index is 13.5. The zero-order valence-corrected chi connectivity index (χ0v) is 8.20. The number of hydrogen-bond donors (Lipinski definition) is 0. The van der Waals surface area contributed by atoms with Crippen molar-refractivity contribution in [1.82, 2.24) is 0 Å². The highest BCUT2D eigenvalue weighted by atomic mass is 19.1. The van der Waals surface area contributed by atoms with Crippen molar-refractivity contribution in [3.05, 3.63) is 0 Å². The smallest absolute Gasteiger partial charge is 0.131 e. The highest BCUT2D eigenvalue weighted by molar-refractivity contribution is 4.79. The van der Waals surface area contributed by atoms with Crippen LogP contribution in [-0.4, -0.2) is 19.4 Å². The second-order valence-corrected chi connectivity index (χ2v) is 4.58. The molecule has 11 heavy (non-hydrogen) atoms. The molecule has 0 aliphatic carbocycles. The second-order valence-electron chi connectivity index (χ2n) is 4.58. The maximum Gasteiger partial charge on any atom is 0.131 e. The van der Waals surface area contributed by atoms with Gasteiger partial charge in [0.25, 0.3) is 0 Å². The molecule has 0 spiro atoms. The molecule has 2 heteroatoms. The van der Waals surface area contributed by atoms with E-state index >= 15 is 0 Å². The Bertz CT molecular complexity index is 113. The number of halogens is 1. The summed E-state index contributed by atoms with van der Waals surface area (Å²) >= 11 is 0. The summed E-state index contributed by atoms with van der Waals surface area (Å²) in [7, 11) is 1.53. The van der Waals surface area contributed by atoms with E-state index in [-0.39, 0.29) is 12.0 Å². The normalized spacial score (nSPS) is 18.0. The number of alkyl halides is 1. The van der Waals surface area contributed by atoms with Crippen LogP contribution in [0.3, 0.4) is 0 Å². The minimum atomic E-state index is -1.19. The molecule has 68 valence electrons. The first-order chi connectivity index (χ1) is 4.77. The van der Waals surface area contributed by atoms with E-state index in [1.54, 1.807) is 6.92 Å². The van der Waals surface area contributed by atoms with Gasteiger partial charge in [0.1, 0.15) is 5.67 Å². The van der Waals surface area contributed by atoms with Gasteiger partial charge in [0.05, 0.1) is 6.61 Å². The fourth-order valence-corrected chi connectivity index (χ4v) is 1.46. The maximum absolute atomic E-state index is 13.5. The zero-order valence-electron chi connectivity index (χ0n) is 8.20. The summed E-state index contributed by atoms with van der Waals surface area (Å²) in [5.74, 6) is 0. The summed E-state index contributed by atoms with van der Waals surface area (Å²) in [4.78, 5) is 0. The molecule has 0 saturated carbocycles. The predicted octanol–water partition coefficient (Wildman–Crippen LogP) is 2.80. The van der Waals surface area contributed by atoms with Crippen LogP contribution >= 0.6 is 0 Å². The van der Waals surface area contributed by atoms with Crippen LogP contribution in [0.15, 0.2) is 0 Å². The van der Waals surface area contributed by atoms with Crippen molar-refractivity contribution in [2.45, 2.75) is 39.8 Å². The van der Waals surface area contributed by atoms with E-state index in [9.17, 15) is 4.39 Å². The summed E-state index contributed by atoms with van der Waals surface area (Å²) < 4.78 is 18.2. The van der Waals surface area contributed by atoms with Crippen LogP contribution in [0, 0.1) is 5.41 Å². The molecule has 0 aromatic rings. The third kappa shape index (κ3) is 6.29. The summed E-state index contributed by atoms with van der Waals surface area (Å²) in [6.45, 7) is 7.85. The van der Waals surface area contributed by atoms with E-state index in [1.807, 2.05) is 20.8 Å². The van der Waals surface area contributed by atoms with Crippen molar-refractivity contribution in [3.63, 3.8) is 0 Å². The van der Waals surface area contributed by atoms with Gasteiger partial charge in [-0.15, -0.1) is 0 Å². The lowest BCUT2D eigenvalue weighted by Crippen LogP contribution is -2.30. The van der Waals surface area contributed by atoms with Crippen molar-refractivity contribution < 1.29 is 9.13 Å². The molecule has 0 unspecified atom stereocenters. The van der Waals surface area contributed by atoms with Gasteiger partial charge in [-0.1, -0.05) is 20.8 Å². The van der Waals surface area contributed by atoms with Gasteiger partial charge in [0.15, 0.2) is 0 Å². The molecule has 0 aromatic carbocycles. The molecule has 0 aliphatic heterocycles. The van der Waals surface area contributed by atoms with Crippen LogP contribution in [0.25, 0.3) is 0 Å². The van der Waals surface area contributed by atoms with Gasteiger partial charge in [-0.3, -0.25) is 0 Å². The largest absolute Gasteiger partial charge is 0.381 e. The van der Waals surface area contributed by atoms with Crippen LogP contribution in [0.2, 0.25) is 0 Å². The number of rotatable bonds is 3. The van der Waals surface area contributed by atoms with Crippen LogP contribution in [0.1, 0.15) is 34.1 Å². The van der Waals surface area contributed by atoms with Crippen molar-refractivity contribution in [2.75, 3.05) is 13.7 Å². The molecule has 0 aliphatic rings. The molecule has 0 rings (SSSR count). The van der Waals surface area contributed by atoms with Gasteiger partial charge < -0.3 is 4.74 Å². The molecular formula is C9H19FO. The third-order valence-corrected chi connectivity index (χ3v) is 1.34. The van der Waals surface area contributed by atoms with Crippen molar-refractivity contribution in [1.29, 1.82) is 0 Å². The average Bonchev–Trinajstić information content (AvgIpc) is 1.55. The molecule has 0 heterocycles. The van der Waals surface area contributed by atoms with E-state index in [1.165, 1.54) is 7.11 Å². The first-order valence-corrected chi connectivity index (χ1v) is 3.95. The summed E-state index contributed by atoms with van der Waals surface area (Å²) in [5.41, 5.74) is -1.16. The minimum Gasteiger partial charge on any atom is -0.381 e. The van der Waals surface area contributed by atoms with Gasteiger partial charge in [-0.25, -0.2) is 4.39 Å².